The second-order valence-electron chi connectivity index (χ2n) is 3.73. The Kier molecular flexibility index (Phi) is 5.37. The Balaban J connectivity index is 2.90. The molecule has 0 fully saturated rings. The first-order chi connectivity index (χ1) is 7.75. The van der Waals surface area contributed by atoms with Gasteiger partial charge >= 0.3 is 0 Å². The van der Waals surface area contributed by atoms with Crippen LogP contribution in [0.4, 0.5) is 0 Å². The van der Waals surface area contributed by atoms with E-state index in [4.69, 9.17) is 58.0 Å². The summed E-state index contributed by atoms with van der Waals surface area (Å²) in [4.78, 5) is 1.57. The third kappa shape index (κ3) is 3.19. The fourth-order valence-electron chi connectivity index (χ4n) is 1.67. The highest BCUT2D eigenvalue weighted by molar-refractivity contribution is 6.75. The number of halogens is 5. The van der Waals surface area contributed by atoms with E-state index < -0.39 is 8.25 Å². The summed E-state index contributed by atoms with van der Waals surface area (Å²) in [5.74, 6) is 0. The summed E-state index contributed by atoms with van der Waals surface area (Å²) in [7, 11) is 0. The van der Waals surface area contributed by atoms with Crippen molar-refractivity contribution in [3.05, 3.63) is 0 Å². The van der Waals surface area contributed by atoms with Crippen molar-refractivity contribution in [3.8, 4) is 0 Å². The molecular formula is C9H14Cl5N3. The molecule has 1 aliphatic rings. The third-order valence-corrected chi connectivity index (χ3v) is 4.83. The Hall–Kier alpha value is 0.720. The van der Waals surface area contributed by atoms with Gasteiger partial charge in [-0.1, -0.05) is 71.9 Å². The van der Waals surface area contributed by atoms with Crippen molar-refractivity contribution >= 4 is 64.3 Å². The van der Waals surface area contributed by atoms with E-state index in [1.54, 1.807) is 4.90 Å². The number of alkyl halides is 5. The van der Waals surface area contributed by atoms with Gasteiger partial charge in [-0.3, -0.25) is 5.01 Å². The molecule has 0 radical (unpaired) electrons. The summed E-state index contributed by atoms with van der Waals surface area (Å²) in [6.07, 6.45) is 3.15. The molecule has 0 N–H and O–H groups in total. The standard InChI is InChI=1S/C9H14Cl5N3/c1-3-5-17-7(4-2)16(6-15-17)9(13,14)8(10,11)12/h6-7H,3-5H2,1-2H3. The Morgan fingerprint density at radius 2 is 1.76 bits per heavy atom. The Morgan fingerprint density at radius 1 is 1.18 bits per heavy atom. The molecule has 0 aliphatic carbocycles. The molecule has 1 aliphatic heterocycles. The van der Waals surface area contributed by atoms with E-state index >= 15 is 0 Å². The minimum atomic E-state index is -1.82. The Bertz CT molecular complexity index is 289. The van der Waals surface area contributed by atoms with Crippen molar-refractivity contribution < 1.29 is 0 Å². The molecule has 1 heterocycles. The number of hydrazone groups is 1. The molecule has 0 bridgehead atoms. The summed E-state index contributed by atoms with van der Waals surface area (Å²) in [5.41, 5.74) is 0. The molecule has 17 heavy (non-hydrogen) atoms. The largest absolute Gasteiger partial charge is 0.304 e. The molecule has 100 valence electrons. The van der Waals surface area contributed by atoms with Crippen LogP contribution in [0, 0.1) is 0 Å². The number of hydrogen-bond acceptors (Lipinski definition) is 3. The maximum absolute atomic E-state index is 6.14. The minimum Gasteiger partial charge on any atom is -0.304 e. The summed E-state index contributed by atoms with van der Waals surface area (Å²) in [5, 5.41) is 6.11. The molecule has 0 saturated carbocycles. The predicted octanol–water partition coefficient (Wildman–Crippen LogP) is 4.20. The fourth-order valence-corrected chi connectivity index (χ4v) is 2.27. The summed E-state index contributed by atoms with van der Waals surface area (Å²) < 4.78 is -3.47. The first-order valence-corrected chi connectivity index (χ1v) is 7.18. The first kappa shape index (κ1) is 15.8. The van der Waals surface area contributed by atoms with Crippen molar-refractivity contribution in [2.24, 2.45) is 5.10 Å². The zero-order valence-corrected chi connectivity index (χ0v) is 13.3. The van der Waals surface area contributed by atoms with Gasteiger partial charge in [0.2, 0.25) is 8.25 Å². The highest BCUT2D eigenvalue weighted by Crippen LogP contribution is 2.49. The van der Waals surface area contributed by atoms with Crippen molar-refractivity contribution in [1.29, 1.82) is 0 Å². The zero-order chi connectivity index (χ0) is 13.3. The number of rotatable bonds is 4. The quantitative estimate of drug-likeness (QED) is 0.564. The van der Waals surface area contributed by atoms with Gasteiger partial charge in [0.1, 0.15) is 12.5 Å². The Morgan fingerprint density at radius 3 is 2.18 bits per heavy atom. The molecule has 0 spiro atoms. The molecule has 8 heteroatoms. The number of nitrogens with zero attached hydrogens (tertiary/aromatic N) is 3. The summed E-state index contributed by atoms with van der Waals surface area (Å²) in [6.45, 7) is 4.86. The predicted molar refractivity (Wildman–Crippen MR) is 76.1 cm³/mol. The fraction of sp³-hybridized carbons (Fsp3) is 0.889. The molecule has 0 aromatic heterocycles. The molecule has 0 aromatic carbocycles. The maximum atomic E-state index is 6.14. The third-order valence-electron chi connectivity index (χ3n) is 2.47. The van der Waals surface area contributed by atoms with Gasteiger partial charge in [0, 0.05) is 6.54 Å². The van der Waals surface area contributed by atoms with E-state index in [9.17, 15) is 0 Å². The molecule has 3 nitrogen and oxygen atoms in total. The summed E-state index contributed by atoms with van der Waals surface area (Å²) >= 11 is 29.7. The van der Waals surface area contributed by atoms with Gasteiger partial charge in [0.25, 0.3) is 0 Å². The van der Waals surface area contributed by atoms with E-state index in [2.05, 4.69) is 12.0 Å². The zero-order valence-electron chi connectivity index (χ0n) is 9.51. The second kappa shape index (κ2) is 5.79. The van der Waals surface area contributed by atoms with E-state index in [0.717, 1.165) is 19.4 Å². The lowest BCUT2D eigenvalue weighted by Gasteiger charge is -2.40. The van der Waals surface area contributed by atoms with Gasteiger partial charge in [0.05, 0.1) is 0 Å². The smallest absolute Gasteiger partial charge is 0.241 e. The molecule has 1 unspecified atom stereocenters. The van der Waals surface area contributed by atoms with Crippen LogP contribution in [0.1, 0.15) is 26.7 Å². The molecule has 1 atom stereocenters. The highest BCUT2D eigenvalue weighted by Gasteiger charge is 2.53. The average Bonchev–Trinajstić information content (AvgIpc) is 2.60. The van der Waals surface area contributed by atoms with Crippen LogP contribution in [-0.4, -0.2) is 37.2 Å². The SMILES string of the molecule is CCCN1N=CN(C(Cl)(Cl)C(Cl)(Cl)Cl)C1CC. The number of hydrogen-bond donors (Lipinski definition) is 0. The van der Waals surface area contributed by atoms with Gasteiger partial charge in [-0.05, 0) is 12.8 Å². The van der Waals surface area contributed by atoms with Gasteiger partial charge in [-0.2, -0.15) is 5.10 Å². The molecule has 0 amide bonds. The van der Waals surface area contributed by atoms with Crippen LogP contribution in [0.2, 0.25) is 0 Å². The van der Waals surface area contributed by atoms with Gasteiger partial charge in [0.15, 0.2) is 0 Å². The van der Waals surface area contributed by atoms with Crippen LogP contribution < -0.4 is 0 Å². The molecular weight excluding hydrogens is 327 g/mol. The lowest BCUT2D eigenvalue weighted by atomic mass is 10.3. The van der Waals surface area contributed by atoms with Gasteiger partial charge in [-0.15, -0.1) is 0 Å². The average molecular weight is 341 g/mol. The maximum Gasteiger partial charge on any atom is 0.241 e. The first-order valence-electron chi connectivity index (χ1n) is 5.29. The molecule has 0 saturated heterocycles. The van der Waals surface area contributed by atoms with Crippen molar-refractivity contribution in [2.75, 3.05) is 6.54 Å². The highest BCUT2D eigenvalue weighted by atomic mass is 35.6. The normalized spacial score (nSPS) is 21.5. The second-order valence-corrected chi connectivity index (χ2v) is 7.30. The van der Waals surface area contributed by atoms with Crippen LogP contribution in [-0.2, 0) is 0 Å². The van der Waals surface area contributed by atoms with Crippen LogP contribution >= 0.6 is 58.0 Å². The summed E-state index contributed by atoms with van der Waals surface area (Å²) in [6, 6.07) is 0. The van der Waals surface area contributed by atoms with E-state index in [1.807, 2.05) is 11.9 Å². The van der Waals surface area contributed by atoms with Gasteiger partial charge in [-0.25, -0.2) is 0 Å². The lowest BCUT2D eigenvalue weighted by molar-refractivity contribution is 0.110. The van der Waals surface area contributed by atoms with Gasteiger partial charge < -0.3 is 4.90 Å². The minimum absolute atomic E-state index is 0.0967. The topological polar surface area (TPSA) is 18.8 Å². The van der Waals surface area contributed by atoms with Crippen LogP contribution in [0.3, 0.4) is 0 Å². The van der Waals surface area contributed by atoms with Crippen molar-refractivity contribution in [2.45, 2.75) is 41.1 Å². The van der Waals surface area contributed by atoms with Crippen molar-refractivity contribution in [3.63, 3.8) is 0 Å². The van der Waals surface area contributed by atoms with Crippen molar-refractivity contribution in [1.82, 2.24) is 9.91 Å². The van der Waals surface area contributed by atoms with E-state index in [0.29, 0.717) is 0 Å². The van der Waals surface area contributed by atoms with E-state index in [-0.39, 0.29) is 6.17 Å². The molecule has 0 aromatic rings. The lowest BCUT2D eigenvalue weighted by Crippen LogP contribution is -2.54. The Labute approximate surface area is 127 Å². The van der Waals surface area contributed by atoms with Crippen LogP contribution in [0.15, 0.2) is 5.10 Å². The van der Waals surface area contributed by atoms with Crippen LogP contribution in [0.25, 0.3) is 0 Å². The monoisotopic (exact) mass is 339 g/mol. The van der Waals surface area contributed by atoms with E-state index in [1.165, 1.54) is 6.34 Å². The molecule has 1 rings (SSSR count). The van der Waals surface area contributed by atoms with Crippen LogP contribution in [0.5, 0.6) is 0 Å².